The first kappa shape index (κ1) is 24.1. The summed E-state index contributed by atoms with van der Waals surface area (Å²) in [6.45, 7) is 0. The van der Waals surface area contributed by atoms with Crippen LogP contribution in [0.1, 0.15) is 0 Å². The lowest BCUT2D eigenvalue weighted by Gasteiger charge is -2.19. The zero-order valence-electron chi connectivity index (χ0n) is 22.4. The lowest BCUT2D eigenvalue weighted by molar-refractivity contribution is 0.398. The summed E-state index contributed by atoms with van der Waals surface area (Å²) in [6.07, 6.45) is 0. The molecule has 8 aromatic rings. The summed E-state index contributed by atoms with van der Waals surface area (Å²) in [7, 11) is 0. The summed E-state index contributed by atoms with van der Waals surface area (Å²) in [5, 5.41) is 39.7. The standard InChI is InChI=1S/C38H24O4/c39-34-32-29-21-11-20-24(22-12-3-1-4-13-22)37(29)42-38(32)36(41)35(40)33(34)31-27-18-9-7-16-25(27)30(23-14-5-2-6-15-23)26-17-8-10-19-28(26)31/h1-21,39-41H. The lowest BCUT2D eigenvalue weighted by Crippen LogP contribution is -1.92. The Bertz CT molecular complexity index is 2260. The van der Waals surface area contributed by atoms with Crippen molar-refractivity contribution in [3.63, 3.8) is 0 Å². The molecule has 0 saturated heterocycles. The van der Waals surface area contributed by atoms with E-state index >= 15 is 0 Å². The van der Waals surface area contributed by atoms with Crippen molar-refractivity contribution >= 4 is 43.5 Å². The fourth-order valence-corrected chi connectivity index (χ4v) is 6.38. The second-order valence-electron chi connectivity index (χ2n) is 10.5. The predicted molar refractivity (Wildman–Crippen MR) is 170 cm³/mol. The number of para-hydroxylation sites is 1. The largest absolute Gasteiger partial charge is 0.506 e. The zero-order valence-corrected chi connectivity index (χ0v) is 22.4. The van der Waals surface area contributed by atoms with Crippen LogP contribution >= 0.6 is 0 Å². The topological polar surface area (TPSA) is 73.8 Å². The summed E-state index contributed by atoms with van der Waals surface area (Å²) in [5.41, 5.74) is 5.28. The van der Waals surface area contributed by atoms with Crippen LogP contribution in [0.25, 0.3) is 76.9 Å². The summed E-state index contributed by atoms with van der Waals surface area (Å²) >= 11 is 0. The van der Waals surface area contributed by atoms with Crippen molar-refractivity contribution in [3.05, 3.63) is 127 Å². The molecule has 0 saturated carbocycles. The molecule has 0 radical (unpaired) electrons. The number of aromatic hydroxyl groups is 3. The molecular formula is C38H24O4. The predicted octanol–water partition coefficient (Wildman–Crippen LogP) is 10.0. The molecule has 200 valence electrons. The first-order valence-electron chi connectivity index (χ1n) is 13.8. The third-order valence-corrected chi connectivity index (χ3v) is 8.19. The van der Waals surface area contributed by atoms with Crippen LogP contribution in [-0.2, 0) is 0 Å². The van der Waals surface area contributed by atoms with Crippen LogP contribution in [0.3, 0.4) is 0 Å². The van der Waals surface area contributed by atoms with Gasteiger partial charge in [-0.25, -0.2) is 0 Å². The molecule has 8 rings (SSSR count). The van der Waals surface area contributed by atoms with Crippen molar-refractivity contribution < 1.29 is 19.7 Å². The second kappa shape index (κ2) is 9.15. The van der Waals surface area contributed by atoms with Gasteiger partial charge in [-0.2, -0.15) is 0 Å². The molecule has 4 heteroatoms. The van der Waals surface area contributed by atoms with E-state index in [9.17, 15) is 15.3 Å². The Kier molecular flexibility index (Phi) is 5.25. The number of fused-ring (bicyclic) bond motifs is 5. The minimum absolute atomic E-state index is 0.0432. The van der Waals surface area contributed by atoms with Crippen molar-refractivity contribution in [3.8, 4) is 50.6 Å². The molecule has 1 aromatic heterocycles. The highest BCUT2D eigenvalue weighted by Gasteiger charge is 2.28. The molecule has 42 heavy (non-hydrogen) atoms. The Balaban J connectivity index is 1.53. The number of benzene rings is 7. The first-order valence-corrected chi connectivity index (χ1v) is 13.8. The van der Waals surface area contributed by atoms with E-state index in [2.05, 4.69) is 24.3 Å². The van der Waals surface area contributed by atoms with E-state index in [4.69, 9.17) is 4.42 Å². The van der Waals surface area contributed by atoms with Gasteiger partial charge in [0.25, 0.3) is 0 Å². The summed E-state index contributed by atoms with van der Waals surface area (Å²) in [6, 6.07) is 41.7. The quantitative estimate of drug-likeness (QED) is 0.118. The second-order valence-corrected chi connectivity index (χ2v) is 10.5. The number of phenols is 3. The maximum atomic E-state index is 12.0. The van der Waals surface area contributed by atoms with Gasteiger partial charge in [0.2, 0.25) is 5.75 Å². The third-order valence-electron chi connectivity index (χ3n) is 8.19. The van der Waals surface area contributed by atoms with Gasteiger partial charge in [0.1, 0.15) is 11.3 Å². The average Bonchev–Trinajstić information content (AvgIpc) is 3.45. The molecule has 0 atom stereocenters. The smallest absolute Gasteiger partial charge is 0.202 e. The molecule has 0 fully saturated rings. The number of furan rings is 1. The number of phenolic OH excluding ortho intramolecular Hbond substituents is 3. The van der Waals surface area contributed by atoms with Crippen LogP contribution in [0, 0.1) is 0 Å². The van der Waals surface area contributed by atoms with Gasteiger partial charge in [-0.15, -0.1) is 0 Å². The Hall–Kier alpha value is -5.74. The number of hydrogen-bond donors (Lipinski definition) is 3. The van der Waals surface area contributed by atoms with E-state index in [-0.39, 0.29) is 16.9 Å². The summed E-state index contributed by atoms with van der Waals surface area (Å²) in [4.78, 5) is 0. The van der Waals surface area contributed by atoms with E-state index in [1.807, 2.05) is 103 Å². The Morgan fingerprint density at radius 3 is 1.45 bits per heavy atom. The van der Waals surface area contributed by atoms with Crippen LogP contribution in [0.5, 0.6) is 17.2 Å². The van der Waals surface area contributed by atoms with Gasteiger partial charge in [-0.1, -0.05) is 127 Å². The molecule has 4 nitrogen and oxygen atoms in total. The molecular weight excluding hydrogens is 520 g/mol. The summed E-state index contributed by atoms with van der Waals surface area (Å²) in [5.74, 6) is -0.983. The van der Waals surface area contributed by atoms with Gasteiger partial charge in [-0.3, -0.25) is 0 Å². The molecule has 0 aliphatic rings. The monoisotopic (exact) mass is 544 g/mol. The van der Waals surface area contributed by atoms with Crippen molar-refractivity contribution in [2.24, 2.45) is 0 Å². The van der Waals surface area contributed by atoms with E-state index in [0.29, 0.717) is 21.9 Å². The van der Waals surface area contributed by atoms with Crippen LogP contribution < -0.4 is 0 Å². The Morgan fingerprint density at radius 1 is 0.357 bits per heavy atom. The van der Waals surface area contributed by atoms with E-state index in [1.165, 1.54) is 0 Å². The molecule has 0 unspecified atom stereocenters. The molecule has 1 heterocycles. The Morgan fingerprint density at radius 2 is 0.857 bits per heavy atom. The SMILES string of the molecule is Oc1c(-c2c3ccccc3c(-c3ccccc3)c3ccccc23)c(O)c2c(oc3c(-c4ccccc4)cccc32)c1O. The zero-order chi connectivity index (χ0) is 28.4. The van der Waals surface area contributed by atoms with Crippen molar-refractivity contribution in [1.82, 2.24) is 0 Å². The van der Waals surface area contributed by atoms with Crippen LogP contribution in [0.2, 0.25) is 0 Å². The van der Waals surface area contributed by atoms with Gasteiger partial charge < -0.3 is 19.7 Å². The fourth-order valence-electron chi connectivity index (χ4n) is 6.38. The van der Waals surface area contributed by atoms with Gasteiger partial charge in [0.05, 0.1) is 10.9 Å². The van der Waals surface area contributed by atoms with Crippen molar-refractivity contribution in [2.45, 2.75) is 0 Å². The Labute approximate surface area is 241 Å². The normalized spacial score (nSPS) is 11.6. The summed E-state index contributed by atoms with van der Waals surface area (Å²) < 4.78 is 6.20. The maximum Gasteiger partial charge on any atom is 0.202 e. The van der Waals surface area contributed by atoms with E-state index < -0.39 is 11.5 Å². The molecule has 0 spiro atoms. The molecule has 7 aromatic carbocycles. The first-order chi connectivity index (χ1) is 20.6. The third kappa shape index (κ3) is 3.36. The highest BCUT2D eigenvalue weighted by Crippen LogP contribution is 2.56. The minimum Gasteiger partial charge on any atom is -0.506 e. The van der Waals surface area contributed by atoms with Crippen LogP contribution in [0.4, 0.5) is 0 Å². The van der Waals surface area contributed by atoms with Gasteiger partial charge >= 0.3 is 0 Å². The molecule has 0 amide bonds. The molecule has 0 bridgehead atoms. The minimum atomic E-state index is -0.428. The lowest BCUT2D eigenvalue weighted by atomic mass is 9.85. The molecule has 0 aliphatic carbocycles. The van der Waals surface area contributed by atoms with E-state index in [0.717, 1.165) is 43.8 Å². The van der Waals surface area contributed by atoms with E-state index in [1.54, 1.807) is 0 Å². The van der Waals surface area contributed by atoms with Crippen molar-refractivity contribution in [2.75, 3.05) is 0 Å². The fraction of sp³-hybridized carbons (Fsp3) is 0. The average molecular weight is 545 g/mol. The maximum absolute atomic E-state index is 12.0. The molecule has 0 aliphatic heterocycles. The highest BCUT2D eigenvalue weighted by molar-refractivity contribution is 6.25. The van der Waals surface area contributed by atoms with Gasteiger partial charge in [0.15, 0.2) is 11.3 Å². The van der Waals surface area contributed by atoms with Crippen LogP contribution in [0.15, 0.2) is 132 Å². The van der Waals surface area contributed by atoms with Gasteiger partial charge in [-0.05, 0) is 38.2 Å². The van der Waals surface area contributed by atoms with Gasteiger partial charge in [0, 0.05) is 16.5 Å². The van der Waals surface area contributed by atoms with Crippen LogP contribution in [-0.4, -0.2) is 15.3 Å². The van der Waals surface area contributed by atoms with Crippen molar-refractivity contribution in [1.29, 1.82) is 0 Å². The number of hydrogen-bond acceptors (Lipinski definition) is 4. The molecule has 3 N–H and O–H groups in total. The highest BCUT2D eigenvalue weighted by atomic mass is 16.4. The number of rotatable bonds is 3.